The van der Waals surface area contributed by atoms with Crippen LogP contribution in [0.5, 0.6) is 5.75 Å². The summed E-state index contributed by atoms with van der Waals surface area (Å²) in [6.45, 7) is 12.0. The van der Waals surface area contributed by atoms with Crippen LogP contribution in [-0.2, 0) is 14.4 Å². The van der Waals surface area contributed by atoms with Gasteiger partial charge in [-0.3, -0.25) is 14.4 Å². The van der Waals surface area contributed by atoms with Gasteiger partial charge in [0.1, 0.15) is 22.8 Å². The number of benzene rings is 1. The van der Waals surface area contributed by atoms with Crippen molar-refractivity contribution in [3.8, 4) is 5.75 Å². The van der Waals surface area contributed by atoms with E-state index in [0.717, 1.165) is 38.2 Å². The van der Waals surface area contributed by atoms with Crippen LogP contribution in [-0.4, -0.2) is 43.4 Å². The van der Waals surface area contributed by atoms with Crippen LogP contribution in [0, 0.1) is 28.6 Å². The molecule has 0 bridgehead atoms. The molecule has 39 heavy (non-hydrogen) atoms. The number of aliphatic hydroxyl groups is 3. The Balaban J connectivity index is 1.85. The summed E-state index contributed by atoms with van der Waals surface area (Å²) >= 11 is 0. The van der Waals surface area contributed by atoms with Gasteiger partial charge in [0.15, 0.2) is 17.2 Å². The molecular weight excluding hydrogens is 496 g/mol. The highest BCUT2D eigenvalue weighted by Crippen LogP contribution is 2.70. The number of carbonyl (C=O) groups excluding carboxylic acids is 3. The van der Waals surface area contributed by atoms with Gasteiger partial charge < -0.3 is 20.4 Å². The molecule has 7 nitrogen and oxygen atoms in total. The molecule has 4 aliphatic carbocycles. The Hall–Kier alpha value is -2.93. The maximum absolute atomic E-state index is 14.6. The number of Topliss-reactive ketones (excluding diaryl/α,β-unsaturated/α-hetero) is 3. The summed E-state index contributed by atoms with van der Waals surface area (Å²) in [5.74, 6) is -5.79. The summed E-state index contributed by atoms with van der Waals surface area (Å²) < 4.78 is 0. The van der Waals surface area contributed by atoms with E-state index < -0.39 is 62.7 Å². The average molecular weight is 537 g/mol. The lowest BCUT2D eigenvalue weighted by atomic mass is 9.38. The lowest BCUT2D eigenvalue weighted by molar-refractivity contribution is -0.195. The molecule has 0 saturated heterocycles. The second kappa shape index (κ2) is 8.53. The molecule has 1 aromatic rings. The second-order valence-corrected chi connectivity index (χ2v) is 13.1. The first kappa shape index (κ1) is 27.6. The zero-order chi connectivity index (χ0) is 29.0. The molecule has 0 aromatic heterocycles. The minimum absolute atomic E-state index is 0.0536. The standard InChI is InChI=1S/C32H40O7/c1-14(2)23-26(35)21(16(4)33)28(37)32(39)29(38)24-27(36)22-19(15(3)30(24,6)17(5)31(23,32)7)12-13-20(25(22)34)18-10-8-9-11-18/h12-15,17-18,23,34,36-37,39H,8-11H2,1-7H3/t15-,17-,23?,30-,31-,32+/m1/s1. The number of rotatable bonds is 3. The molecule has 6 atom stereocenters. The third-order valence-electron chi connectivity index (χ3n) is 11.3. The van der Waals surface area contributed by atoms with Crippen molar-refractivity contribution < 1.29 is 34.8 Å². The van der Waals surface area contributed by atoms with E-state index in [2.05, 4.69) is 0 Å². The normalized spacial score (nSPS) is 36.8. The third-order valence-corrected chi connectivity index (χ3v) is 11.3. The van der Waals surface area contributed by atoms with Crippen LogP contribution >= 0.6 is 0 Å². The van der Waals surface area contributed by atoms with Gasteiger partial charge in [-0.15, -0.1) is 0 Å². The number of aliphatic hydroxyl groups excluding tert-OH is 2. The molecule has 210 valence electrons. The average Bonchev–Trinajstić information content (AvgIpc) is 3.38. The monoisotopic (exact) mass is 536 g/mol. The Morgan fingerprint density at radius 3 is 2.10 bits per heavy atom. The Labute approximate surface area is 229 Å². The van der Waals surface area contributed by atoms with Gasteiger partial charge in [0, 0.05) is 22.3 Å². The minimum atomic E-state index is -2.62. The quantitative estimate of drug-likeness (QED) is 0.367. The van der Waals surface area contributed by atoms with Crippen LogP contribution in [0.15, 0.2) is 29.0 Å². The summed E-state index contributed by atoms with van der Waals surface area (Å²) in [7, 11) is 0. The molecule has 0 spiro atoms. The maximum Gasteiger partial charge on any atom is 0.203 e. The van der Waals surface area contributed by atoms with E-state index in [9.17, 15) is 34.8 Å². The summed E-state index contributed by atoms with van der Waals surface area (Å²) in [5.41, 5.74) is -4.19. The Morgan fingerprint density at radius 2 is 1.56 bits per heavy atom. The highest BCUT2D eigenvalue weighted by molar-refractivity contribution is 6.24. The first-order valence-corrected chi connectivity index (χ1v) is 14.1. The molecule has 2 fully saturated rings. The van der Waals surface area contributed by atoms with Crippen LogP contribution in [0.4, 0.5) is 0 Å². The molecule has 0 heterocycles. The van der Waals surface area contributed by atoms with Gasteiger partial charge >= 0.3 is 0 Å². The van der Waals surface area contributed by atoms with Crippen molar-refractivity contribution in [3.05, 3.63) is 45.7 Å². The Morgan fingerprint density at radius 1 is 1.00 bits per heavy atom. The van der Waals surface area contributed by atoms with Crippen molar-refractivity contribution >= 4 is 23.1 Å². The topological polar surface area (TPSA) is 132 Å². The summed E-state index contributed by atoms with van der Waals surface area (Å²) in [4.78, 5) is 40.9. The number of ketones is 3. The lowest BCUT2D eigenvalue weighted by Crippen LogP contribution is -2.72. The lowest BCUT2D eigenvalue weighted by Gasteiger charge is -2.64. The van der Waals surface area contributed by atoms with Gasteiger partial charge in [-0.2, -0.15) is 0 Å². The number of fused-ring (bicyclic) bond motifs is 3. The highest BCUT2D eigenvalue weighted by Gasteiger charge is 2.75. The molecule has 0 aliphatic heterocycles. The van der Waals surface area contributed by atoms with Crippen molar-refractivity contribution in [1.29, 1.82) is 0 Å². The molecule has 7 heteroatoms. The number of carbonyl (C=O) groups is 3. The second-order valence-electron chi connectivity index (χ2n) is 13.1. The van der Waals surface area contributed by atoms with E-state index in [4.69, 9.17) is 0 Å². The summed E-state index contributed by atoms with van der Waals surface area (Å²) in [6.07, 6.45) is 3.98. The number of hydrogen-bond acceptors (Lipinski definition) is 7. The van der Waals surface area contributed by atoms with Crippen molar-refractivity contribution in [2.75, 3.05) is 0 Å². The molecule has 0 amide bonds. The molecule has 4 N–H and O–H groups in total. The molecular formula is C32H40O7. The van der Waals surface area contributed by atoms with E-state index in [0.29, 0.717) is 5.56 Å². The van der Waals surface area contributed by atoms with E-state index in [1.807, 2.05) is 32.9 Å². The third kappa shape index (κ3) is 3.05. The van der Waals surface area contributed by atoms with Gasteiger partial charge in [-0.25, -0.2) is 0 Å². The number of phenols is 1. The molecule has 2 saturated carbocycles. The molecule has 4 aliphatic rings. The van der Waals surface area contributed by atoms with Gasteiger partial charge in [0.05, 0.1) is 5.56 Å². The predicted molar refractivity (Wildman–Crippen MR) is 146 cm³/mol. The minimum Gasteiger partial charge on any atom is -0.508 e. The van der Waals surface area contributed by atoms with E-state index >= 15 is 0 Å². The summed E-state index contributed by atoms with van der Waals surface area (Å²) in [6, 6.07) is 3.84. The zero-order valence-electron chi connectivity index (χ0n) is 23.9. The smallest absolute Gasteiger partial charge is 0.203 e. The largest absolute Gasteiger partial charge is 0.508 e. The Bertz CT molecular complexity index is 1380. The molecule has 0 radical (unpaired) electrons. The number of phenolic OH excluding ortho intramolecular Hbond substituents is 1. The molecule has 5 rings (SSSR count). The van der Waals surface area contributed by atoms with Crippen molar-refractivity contribution in [3.63, 3.8) is 0 Å². The number of allylic oxidation sites excluding steroid dienone is 1. The van der Waals surface area contributed by atoms with Gasteiger partial charge in [-0.05, 0) is 54.6 Å². The van der Waals surface area contributed by atoms with Crippen LogP contribution in [0.25, 0.3) is 5.76 Å². The van der Waals surface area contributed by atoms with Crippen LogP contribution in [0.2, 0.25) is 0 Å². The Kier molecular flexibility index (Phi) is 6.05. The van der Waals surface area contributed by atoms with Crippen molar-refractivity contribution in [1.82, 2.24) is 0 Å². The first-order chi connectivity index (χ1) is 18.1. The summed E-state index contributed by atoms with van der Waals surface area (Å²) in [5, 5.41) is 47.0. The number of hydrogen-bond donors (Lipinski definition) is 4. The van der Waals surface area contributed by atoms with Crippen LogP contribution in [0.3, 0.4) is 0 Å². The SMILES string of the molecule is CC(=O)C1=C(O)[C@]2(O)C(=O)C3=C(O)c4c(ccc(C5CCCC5)c4O)[C@@H](C)[C@]3(C)[C@@H](C)[C@]2(C)C(C(C)C)C1=O. The highest BCUT2D eigenvalue weighted by atomic mass is 16.3. The molecule has 1 unspecified atom stereocenters. The van der Waals surface area contributed by atoms with Crippen LogP contribution < -0.4 is 0 Å². The maximum atomic E-state index is 14.6. The predicted octanol–water partition coefficient (Wildman–Crippen LogP) is 5.65. The van der Waals surface area contributed by atoms with Crippen molar-refractivity contribution in [2.24, 2.45) is 28.6 Å². The fraction of sp³-hybridized carbons (Fsp3) is 0.594. The van der Waals surface area contributed by atoms with E-state index in [1.54, 1.807) is 20.8 Å². The fourth-order valence-electron chi connectivity index (χ4n) is 8.94. The number of aromatic hydroxyl groups is 1. The van der Waals surface area contributed by atoms with Gasteiger partial charge in [0.25, 0.3) is 0 Å². The van der Waals surface area contributed by atoms with E-state index in [-0.39, 0.29) is 34.6 Å². The van der Waals surface area contributed by atoms with Crippen molar-refractivity contribution in [2.45, 2.75) is 91.6 Å². The molecule has 1 aromatic carbocycles. The first-order valence-electron chi connectivity index (χ1n) is 14.1. The van der Waals surface area contributed by atoms with E-state index in [1.165, 1.54) is 0 Å². The van der Waals surface area contributed by atoms with Gasteiger partial charge in [0.2, 0.25) is 5.78 Å². The van der Waals surface area contributed by atoms with Crippen LogP contribution in [0.1, 0.15) is 103 Å². The van der Waals surface area contributed by atoms with Gasteiger partial charge in [-0.1, -0.05) is 66.5 Å². The zero-order valence-corrected chi connectivity index (χ0v) is 23.9. The fourth-order valence-corrected chi connectivity index (χ4v) is 8.94.